The zero-order valence-corrected chi connectivity index (χ0v) is 10.2. The topological polar surface area (TPSA) is 20.2 Å². The second-order valence-corrected chi connectivity index (χ2v) is 6.10. The summed E-state index contributed by atoms with van der Waals surface area (Å²) >= 11 is 0. The first-order valence-corrected chi connectivity index (χ1v) is 6.86. The van der Waals surface area contributed by atoms with Crippen molar-refractivity contribution in [2.24, 2.45) is 23.7 Å². The highest BCUT2D eigenvalue weighted by Crippen LogP contribution is 2.63. The van der Waals surface area contributed by atoms with Crippen molar-refractivity contribution in [2.45, 2.75) is 57.5 Å². The lowest BCUT2D eigenvalue weighted by Crippen LogP contribution is -2.41. The highest BCUT2D eigenvalue weighted by atomic mass is 16.3. The van der Waals surface area contributed by atoms with E-state index >= 15 is 0 Å². The Morgan fingerprint density at radius 2 is 2.12 bits per heavy atom. The molecule has 1 nitrogen and oxygen atoms in total. The Morgan fingerprint density at radius 1 is 1.31 bits per heavy atom. The average molecular weight is 218 g/mol. The maximum absolute atomic E-state index is 10.8. The van der Waals surface area contributed by atoms with Crippen LogP contribution in [0.3, 0.4) is 0 Å². The van der Waals surface area contributed by atoms with Crippen LogP contribution in [0.1, 0.15) is 51.9 Å². The van der Waals surface area contributed by atoms with Crippen LogP contribution in [0.4, 0.5) is 0 Å². The average Bonchev–Trinajstić information content (AvgIpc) is 2.87. The maximum atomic E-state index is 10.8. The second kappa shape index (κ2) is 3.77. The van der Waals surface area contributed by atoms with E-state index < -0.39 is 0 Å². The van der Waals surface area contributed by atoms with Gasteiger partial charge in [0.25, 0.3) is 0 Å². The Bertz CT molecular complexity index is 337. The van der Waals surface area contributed by atoms with Crippen LogP contribution in [0, 0.1) is 35.5 Å². The van der Waals surface area contributed by atoms with Crippen molar-refractivity contribution in [3.8, 4) is 11.8 Å². The zero-order valence-electron chi connectivity index (χ0n) is 10.2. The molecule has 16 heavy (non-hydrogen) atoms. The molecule has 5 atom stereocenters. The number of fused-ring (bicyclic) bond motifs is 5. The van der Waals surface area contributed by atoms with Gasteiger partial charge in [-0.1, -0.05) is 6.42 Å². The number of hydrogen-bond donors (Lipinski definition) is 1. The Morgan fingerprint density at radius 3 is 2.94 bits per heavy atom. The smallest absolute Gasteiger partial charge is 0.0690 e. The Hall–Kier alpha value is -0.480. The summed E-state index contributed by atoms with van der Waals surface area (Å²) < 4.78 is 0. The molecule has 0 saturated heterocycles. The monoisotopic (exact) mass is 218 g/mol. The second-order valence-electron chi connectivity index (χ2n) is 6.10. The van der Waals surface area contributed by atoms with Crippen molar-refractivity contribution >= 4 is 0 Å². The molecule has 0 aliphatic heterocycles. The molecule has 0 amide bonds. The van der Waals surface area contributed by atoms with Gasteiger partial charge in [-0.25, -0.2) is 0 Å². The minimum atomic E-state index is -0.347. The van der Waals surface area contributed by atoms with E-state index in [9.17, 15) is 5.11 Å². The molecule has 0 radical (unpaired) electrons. The third-order valence-corrected chi connectivity index (χ3v) is 5.47. The molecule has 88 valence electrons. The van der Waals surface area contributed by atoms with E-state index in [1.807, 2.05) is 6.92 Å². The van der Waals surface area contributed by atoms with Crippen molar-refractivity contribution in [2.75, 3.05) is 0 Å². The van der Waals surface area contributed by atoms with Crippen molar-refractivity contribution in [3.05, 3.63) is 0 Å². The first-order valence-electron chi connectivity index (χ1n) is 6.86. The minimum absolute atomic E-state index is 0.347. The molecule has 1 N–H and O–H groups in total. The highest BCUT2D eigenvalue weighted by molar-refractivity contribution is 5.11. The maximum Gasteiger partial charge on any atom is 0.0690 e. The summed E-state index contributed by atoms with van der Waals surface area (Å²) in [4.78, 5) is 0. The molecule has 3 saturated carbocycles. The molecule has 0 spiro atoms. The quantitative estimate of drug-likeness (QED) is 0.706. The van der Waals surface area contributed by atoms with E-state index in [1.54, 1.807) is 0 Å². The molecule has 0 aromatic heterocycles. The lowest BCUT2D eigenvalue weighted by Gasteiger charge is -2.38. The van der Waals surface area contributed by atoms with Crippen LogP contribution < -0.4 is 0 Å². The van der Waals surface area contributed by atoms with Gasteiger partial charge in [-0.2, -0.15) is 0 Å². The summed E-state index contributed by atoms with van der Waals surface area (Å²) in [6.45, 7) is 1.89. The first-order chi connectivity index (χ1) is 7.74. The zero-order chi connectivity index (χ0) is 11.2. The van der Waals surface area contributed by atoms with Gasteiger partial charge in [0.05, 0.1) is 5.60 Å². The molecule has 3 rings (SSSR count). The molecule has 0 aromatic carbocycles. The molecule has 3 aliphatic rings. The van der Waals surface area contributed by atoms with Crippen LogP contribution in [-0.2, 0) is 0 Å². The van der Waals surface area contributed by atoms with E-state index in [-0.39, 0.29) is 5.60 Å². The summed E-state index contributed by atoms with van der Waals surface area (Å²) in [5, 5.41) is 10.8. The number of hydrogen-bond acceptors (Lipinski definition) is 1. The molecule has 1 heteroatoms. The van der Waals surface area contributed by atoms with Gasteiger partial charge < -0.3 is 5.11 Å². The van der Waals surface area contributed by atoms with Gasteiger partial charge in [-0.05, 0) is 62.7 Å². The van der Waals surface area contributed by atoms with Crippen LogP contribution in [0.15, 0.2) is 0 Å². The molecular weight excluding hydrogens is 196 g/mol. The Balaban J connectivity index is 1.71. The first kappa shape index (κ1) is 10.7. The fourth-order valence-electron chi connectivity index (χ4n) is 4.93. The summed E-state index contributed by atoms with van der Waals surface area (Å²) in [6.07, 6.45) is 8.42. The number of aliphatic hydroxyl groups is 1. The van der Waals surface area contributed by atoms with Crippen molar-refractivity contribution in [3.63, 3.8) is 0 Å². The predicted octanol–water partition coefficient (Wildman–Crippen LogP) is 2.98. The van der Waals surface area contributed by atoms with Gasteiger partial charge in [-0.3, -0.25) is 0 Å². The normalized spacial score (nSPS) is 48.9. The summed E-state index contributed by atoms with van der Waals surface area (Å²) in [5.41, 5.74) is -0.347. The lowest BCUT2D eigenvalue weighted by atomic mass is 9.71. The minimum Gasteiger partial charge on any atom is -0.390 e. The molecule has 2 bridgehead atoms. The third kappa shape index (κ3) is 1.43. The molecule has 5 unspecified atom stereocenters. The summed E-state index contributed by atoms with van der Waals surface area (Å²) in [7, 11) is 0. The van der Waals surface area contributed by atoms with E-state index in [4.69, 9.17) is 0 Å². The highest BCUT2D eigenvalue weighted by Gasteiger charge is 2.59. The van der Waals surface area contributed by atoms with Gasteiger partial charge in [0, 0.05) is 6.42 Å². The van der Waals surface area contributed by atoms with Crippen LogP contribution >= 0.6 is 0 Å². The summed E-state index contributed by atoms with van der Waals surface area (Å²) in [6, 6.07) is 0. The standard InChI is InChI=1S/C15H22O/c1-2-3-4-8-15(16)10-11-9-14(15)13-7-5-6-12(11)13/h11-14,16H,4-10H2,1H3. The van der Waals surface area contributed by atoms with E-state index in [0.29, 0.717) is 5.92 Å². The molecule has 3 aliphatic carbocycles. The van der Waals surface area contributed by atoms with Crippen LogP contribution in [-0.4, -0.2) is 10.7 Å². The van der Waals surface area contributed by atoms with Crippen molar-refractivity contribution in [1.29, 1.82) is 0 Å². The van der Waals surface area contributed by atoms with E-state index in [0.717, 1.165) is 37.0 Å². The largest absolute Gasteiger partial charge is 0.390 e. The predicted molar refractivity (Wildman–Crippen MR) is 64.7 cm³/mol. The molecule has 3 fully saturated rings. The molecular formula is C15H22O. The third-order valence-electron chi connectivity index (χ3n) is 5.47. The Kier molecular flexibility index (Phi) is 2.51. The fourth-order valence-corrected chi connectivity index (χ4v) is 4.93. The molecule has 0 heterocycles. The lowest BCUT2D eigenvalue weighted by molar-refractivity contribution is -0.0507. The van der Waals surface area contributed by atoms with Crippen molar-refractivity contribution < 1.29 is 5.11 Å². The van der Waals surface area contributed by atoms with Gasteiger partial charge >= 0.3 is 0 Å². The van der Waals surface area contributed by atoms with E-state index in [2.05, 4.69) is 11.8 Å². The van der Waals surface area contributed by atoms with Gasteiger partial charge in [0.15, 0.2) is 0 Å². The van der Waals surface area contributed by atoms with Gasteiger partial charge in [0.1, 0.15) is 0 Å². The van der Waals surface area contributed by atoms with Crippen LogP contribution in [0.25, 0.3) is 0 Å². The van der Waals surface area contributed by atoms with Gasteiger partial charge in [0.2, 0.25) is 0 Å². The van der Waals surface area contributed by atoms with Crippen molar-refractivity contribution in [1.82, 2.24) is 0 Å². The summed E-state index contributed by atoms with van der Waals surface area (Å²) in [5.74, 6) is 9.34. The SMILES string of the molecule is CC#CCCC1(O)CC2CC1C1CCCC21. The number of rotatable bonds is 2. The van der Waals surface area contributed by atoms with Crippen LogP contribution in [0.2, 0.25) is 0 Å². The van der Waals surface area contributed by atoms with Crippen LogP contribution in [0.5, 0.6) is 0 Å². The molecule has 0 aromatic rings. The fraction of sp³-hybridized carbons (Fsp3) is 0.867. The Labute approximate surface area is 98.6 Å². The van der Waals surface area contributed by atoms with E-state index in [1.165, 1.54) is 25.7 Å². The van der Waals surface area contributed by atoms with Gasteiger partial charge in [-0.15, -0.1) is 11.8 Å².